The summed E-state index contributed by atoms with van der Waals surface area (Å²) < 4.78 is 21.2. The van der Waals surface area contributed by atoms with E-state index in [0.717, 1.165) is 16.7 Å². The quantitative estimate of drug-likeness (QED) is 0.286. The molecule has 0 aliphatic heterocycles. The highest BCUT2D eigenvalue weighted by Gasteiger charge is 2.16. The first-order valence-corrected chi connectivity index (χ1v) is 9.90. The number of methoxy groups -OCH3 is 2. The minimum Gasteiger partial charge on any atom is -0.497 e. The fourth-order valence-corrected chi connectivity index (χ4v) is 2.96. The smallest absolute Gasteiger partial charge is 0.347 e. The molecule has 0 N–H and O–H groups in total. The summed E-state index contributed by atoms with van der Waals surface area (Å²) >= 11 is 0. The van der Waals surface area contributed by atoms with Crippen molar-refractivity contribution in [2.45, 2.75) is 13.8 Å². The molecule has 0 unspecified atom stereocenters. The average molecular weight is 432 g/mol. The summed E-state index contributed by atoms with van der Waals surface area (Å²) in [4.78, 5) is 23.9. The van der Waals surface area contributed by atoms with Gasteiger partial charge >= 0.3 is 11.9 Å². The van der Waals surface area contributed by atoms with Crippen molar-refractivity contribution in [3.8, 4) is 23.0 Å². The van der Waals surface area contributed by atoms with Crippen LogP contribution < -0.4 is 18.9 Å². The summed E-state index contributed by atoms with van der Waals surface area (Å²) in [6.07, 6.45) is 3.86. The first kappa shape index (κ1) is 22.6. The van der Waals surface area contributed by atoms with Gasteiger partial charge in [-0.25, -0.2) is 4.79 Å². The number of carbonyl (C=O) groups is 2. The van der Waals surface area contributed by atoms with E-state index in [4.69, 9.17) is 18.9 Å². The molecule has 3 aromatic rings. The van der Waals surface area contributed by atoms with Gasteiger partial charge in [0.1, 0.15) is 28.6 Å². The van der Waals surface area contributed by atoms with E-state index in [9.17, 15) is 9.59 Å². The van der Waals surface area contributed by atoms with Crippen molar-refractivity contribution in [1.82, 2.24) is 0 Å². The van der Waals surface area contributed by atoms with Crippen LogP contribution in [0.4, 0.5) is 0 Å². The fraction of sp³-hybridized carbons (Fsp3) is 0.154. The lowest BCUT2D eigenvalue weighted by atomic mass is 10.1. The Labute approximate surface area is 187 Å². The standard InChI is InChI=1S/C26H24O6/c1-17-5-12-24(25(13-17)31-18(2)27)26(28)32-21-10-8-19(9-11-21)6-7-20-14-22(29-3)16-23(15-20)30-4/h5-16H,1-4H3/b7-6+. The first-order chi connectivity index (χ1) is 15.4. The van der Waals surface area contributed by atoms with Gasteiger partial charge in [0.25, 0.3) is 0 Å². The Hall–Kier alpha value is -4.06. The van der Waals surface area contributed by atoms with Crippen LogP contribution in [0, 0.1) is 6.92 Å². The van der Waals surface area contributed by atoms with Crippen LogP contribution in [-0.2, 0) is 4.79 Å². The topological polar surface area (TPSA) is 71.1 Å². The van der Waals surface area contributed by atoms with Gasteiger partial charge in [0.05, 0.1) is 14.2 Å². The van der Waals surface area contributed by atoms with Crippen molar-refractivity contribution in [2.75, 3.05) is 14.2 Å². The molecule has 0 atom stereocenters. The predicted molar refractivity (Wildman–Crippen MR) is 122 cm³/mol. The van der Waals surface area contributed by atoms with Crippen LogP contribution in [0.3, 0.4) is 0 Å². The zero-order valence-electron chi connectivity index (χ0n) is 18.4. The molecule has 0 fully saturated rings. The van der Waals surface area contributed by atoms with E-state index in [0.29, 0.717) is 17.2 Å². The Morgan fingerprint density at radius 2 is 1.34 bits per heavy atom. The molecule has 0 aliphatic rings. The number of ether oxygens (including phenoxy) is 4. The van der Waals surface area contributed by atoms with Crippen LogP contribution >= 0.6 is 0 Å². The number of aryl methyl sites for hydroxylation is 1. The van der Waals surface area contributed by atoms with Crippen LogP contribution in [0.25, 0.3) is 12.2 Å². The molecule has 6 nitrogen and oxygen atoms in total. The number of hydrogen-bond donors (Lipinski definition) is 0. The Morgan fingerprint density at radius 1 is 0.719 bits per heavy atom. The van der Waals surface area contributed by atoms with Crippen LogP contribution in [0.1, 0.15) is 34.0 Å². The maximum atomic E-state index is 12.6. The maximum Gasteiger partial charge on any atom is 0.347 e. The van der Waals surface area contributed by atoms with Gasteiger partial charge in [-0.1, -0.05) is 30.4 Å². The van der Waals surface area contributed by atoms with Crippen molar-refractivity contribution >= 4 is 24.1 Å². The number of esters is 2. The maximum absolute atomic E-state index is 12.6. The molecular weight excluding hydrogens is 408 g/mol. The second kappa shape index (κ2) is 10.3. The van der Waals surface area contributed by atoms with E-state index in [1.54, 1.807) is 50.6 Å². The van der Waals surface area contributed by atoms with Gasteiger partial charge in [-0.15, -0.1) is 0 Å². The Balaban J connectivity index is 1.72. The molecule has 0 saturated carbocycles. The Morgan fingerprint density at radius 3 is 1.94 bits per heavy atom. The summed E-state index contributed by atoms with van der Waals surface area (Å²) in [5, 5.41) is 0. The van der Waals surface area contributed by atoms with Gasteiger partial charge < -0.3 is 18.9 Å². The van der Waals surface area contributed by atoms with E-state index in [1.165, 1.54) is 6.92 Å². The van der Waals surface area contributed by atoms with Gasteiger partial charge in [-0.2, -0.15) is 0 Å². The second-order valence-corrected chi connectivity index (χ2v) is 7.03. The molecule has 3 aromatic carbocycles. The van der Waals surface area contributed by atoms with Crippen LogP contribution in [0.2, 0.25) is 0 Å². The molecule has 0 amide bonds. The molecule has 0 heterocycles. The predicted octanol–water partition coefficient (Wildman–Crippen LogP) is 5.33. The molecule has 3 rings (SSSR count). The van der Waals surface area contributed by atoms with E-state index >= 15 is 0 Å². The van der Waals surface area contributed by atoms with Gasteiger partial charge in [-0.3, -0.25) is 4.79 Å². The molecule has 0 saturated heterocycles. The van der Waals surface area contributed by atoms with Crippen LogP contribution in [-0.4, -0.2) is 26.2 Å². The van der Waals surface area contributed by atoms with Gasteiger partial charge in [0, 0.05) is 13.0 Å². The van der Waals surface area contributed by atoms with E-state index in [2.05, 4.69) is 0 Å². The number of benzene rings is 3. The van der Waals surface area contributed by atoms with E-state index < -0.39 is 11.9 Å². The molecule has 164 valence electrons. The Kier molecular flexibility index (Phi) is 7.29. The first-order valence-electron chi connectivity index (χ1n) is 9.90. The normalized spacial score (nSPS) is 10.6. The molecule has 0 aromatic heterocycles. The van der Waals surface area contributed by atoms with Crippen molar-refractivity contribution in [1.29, 1.82) is 0 Å². The SMILES string of the molecule is COc1cc(/C=C/c2ccc(OC(=O)c3ccc(C)cc3OC(C)=O)cc2)cc(OC)c1. The lowest BCUT2D eigenvalue weighted by Gasteiger charge is -2.10. The van der Waals surface area contributed by atoms with Crippen molar-refractivity contribution in [3.05, 3.63) is 82.9 Å². The van der Waals surface area contributed by atoms with E-state index in [-0.39, 0.29) is 11.3 Å². The summed E-state index contributed by atoms with van der Waals surface area (Å²) in [6, 6.07) is 17.6. The average Bonchev–Trinajstić information content (AvgIpc) is 2.78. The molecule has 6 heteroatoms. The number of hydrogen-bond acceptors (Lipinski definition) is 6. The minimum absolute atomic E-state index is 0.177. The molecule has 0 spiro atoms. The van der Waals surface area contributed by atoms with Crippen molar-refractivity contribution < 1.29 is 28.5 Å². The molecule has 0 bridgehead atoms. The number of carbonyl (C=O) groups excluding carboxylic acids is 2. The third-order valence-electron chi connectivity index (χ3n) is 4.54. The lowest BCUT2D eigenvalue weighted by Crippen LogP contribution is -2.12. The monoisotopic (exact) mass is 432 g/mol. The largest absolute Gasteiger partial charge is 0.497 e. The highest BCUT2D eigenvalue weighted by molar-refractivity contribution is 5.95. The van der Waals surface area contributed by atoms with Gasteiger partial charge in [0.15, 0.2) is 0 Å². The molecule has 0 aliphatic carbocycles. The Bertz CT molecular complexity index is 1120. The van der Waals surface area contributed by atoms with E-state index in [1.807, 2.05) is 43.3 Å². The molecular formula is C26H24O6. The minimum atomic E-state index is -0.604. The number of rotatable bonds is 7. The van der Waals surface area contributed by atoms with Gasteiger partial charge in [0.2, 0.25) is 0 Å². The second-order valence-electron chi connectivity index (χ2n) is 7.03. The highest BCUT2D eigenvalue weighted by Crippen LogP contribution is 2.25. The van der Waals surface area contributed by atoms with Gasteiger partial charge in [-0.05, 0) is 60.0 Å². The summed E-state index contributed by atoms with van der Waals surface area (Å²) in [7, 11) is 3.21. The lowest BCUT2D eigenvalue weighted by molar-refractivity contribution is -0.131. The van der Waals surface area contributed by atoms with Crippen molar-refractivity contribution in [3.63, 3.8) is 0 Å². The third kappa shape index (κ3) is 5.98. The third-order valence-corrected chi connectivity index (χ3v) is 4.54. The van der Waals surface area contributed by atoms with Crippen LogP contribution in [0.15, 0.2) is 60.7 Å². The zero-order chi connectivity index (χ0) is 23.1. The van der Waals surface area contributed by atoms with Crippen LogP contribution in [0.5, 0.6) is 23.0 Å². The molecule has 32 heavy (non-hydrogen) atoms. The summed E-state index contributed by atoms with van der Waals surface area (Å²) in [6.45, 7) is 3.13. The summed E-state index contributed by atoms with van der Waals surface area (Å²) in [5.74, 6) is 0.855. The summed E-state index contributed by atoms with van der Waals surface area (Å²) in [5.41, 5.74) is 2.89. The van der Waals surface area contributed by atoms with Crippen molar-refractivity contribution in [2.24, 2.45) is 0 Å². The highest BCUT2D eigenvalue weighted by atomic mass is 16.5. The molecule has 0 radical (unpaired) electrons. The fourth-order valence-electron chi connectivity index (χ4n) is 2.96. The zero-order valence-corrected chi connectivity index (χ0v) is 18.4.